The van der Waals surface area contributed by atoms with E-state index in [1.165, 1.54) is 0 Å². The zero-order chi connectivity index (χ0) is 12.3. The van der Waals surface area contributed by atoms with Gasteiger partial charge in [-0.3, -0.25) is 0 Å². The molecule has 0 unspecified atom stereocenters. The first-order valence-electron chi connectivity index (χ1n) is 5.76. The Labute approximate surface area is 102 Å². The Morgan fingerprint density at radius 3 is 2.47 bits per heavy atom. The molecule has 2 rings (SSSR count). The largest absolute Gasteiger partial charge is 0.379 e. The highest BCUT2D eigenvalue weighted by atomic mass is 15.4. The average Bonchev–Trinajstić information content (AvgIpc) is 2.76. The quantitative estimate of drug-likeness (QED) is 0.881. The molecule has 1 heterocycles. The van der Waals surface area contributed by atoms with E-state index in [0.717, 1.165) is 11.4 Å². The number of anilines is 1. The van der Waals surface area contributed by atoms with Crippen molar-refractivity contribution in [3.8, 4) is 0 Å². The summed E-state index contributed by atoms with van der Waals surface area (Å²) < 4.78 is 1.88. The molecule has 0 aliphatic carbocycles. The van der Waals surface area contributed by atoms with Crippen LogP contribution in [-0.4, -0.2) is 15.0 Å². The van der Waals surface area contributed by atoms with Gasteiger partial charge in [-0.05, 0) is 32.9 Å². The second-order valence-electron chi connectivity index (χ2n) is 5.04. The fraction of sp³-hybridized carbons (Fsp3) is 0.385. The van der Waals surface area contributed by atoms with Crippen LogP contribution in [0.1, 0.15) is 26.5 Å². The van der Waals surface area contributed by atoms with E-state index in [9.17, 15) is 0 Å². The lowest BCUT2D eigenvalue weighted by molar-refractivity contribution is 0.347. The normalized spacial score (nSPS) is 11.5. The van der Waals surface area contributed by atoms with E-state index in [1.807, 2.05) is 41.2 Å². The second kappa shape index (κ2) is 4.57. The molecule has 0 aliphatic heterocycles. The van der Waals surface area contributed by atoms with Crippen LogP contribution in [-0.2, 0) is 12.1 Å². The fourth-order valence-corrected chi connectivity index (χ4v) is 1.46. The summed E-state index contributed by atoms with van der Waals surface area (Å²) >= 11 is 0. The van der Waals surface area contributed by atoms with Gasteiger partial charge in [0.15, 0.2) is 0 Å². The van der Waals surface area contributed by atoms with Gasteiger partial charge in [-0.25, -0.2) is 4.68 Å². The summed E-state index contributed by atoms with van der Waals surface area (Å²) in [6.45, 7) is 7.02. The number of para-hydroxylation sites is 1. The molecule has 1 aromatic heterocycles. The van der Waals surface area contributed by atoms with Gasteiger partial charge in [-0.15, -0.1) is 5.10 Å². The Kier molecular flexibility index (Phi) is 3.13. The summed E-state index contributed by atoms with van der Waals surface area (Å²) in [7, 11) is 0. The maximum absolute atomic E-state index is 4.15. The van der Waals surface area contributed by atoms with Crippen LogP contribution in [0.25, 0.3) is 0 Å². The highest BCUT2D eigenvalue weighted by molar-refractivity contribution is 5.42. The van der Waals surface area contributed by atoms with Crippen molar-refractivity contribution in [2.24, 2.45) is 0 Å². The Morgan fingerprint density at radius 2 is 1.88 bits per heavy atom. The molecule has 0 radical (unpaired) electrons. The van der Waals surface area contributed by atoms with Crippen LogP contribution >= 0.6 is 0 Å². The maximum atomic E-state index is 4.15. The molecule has 0 bridgehead atoms. The Morgan fingerprint density at radius 1 is 1.18 bits per heavy atom. The van der Waals surface area contributed by atoms with Gasteiger partial charge in [0, 0.05) is 5.69 Å². The summed E-state index contributed by atoms with van der Waals surface area (Å²) in [6, 6.07) is 10.1. The lowest BCUT2D eigenvalue weighted by Crippen LogP contribution is -2.22. The van der Waals surface area contributed by atoms with Gasteiger partial charge in [-0.1, -0.05) is 23.4 Å². The summed E-state index contributed by atoms with van der Waals surface area (Å²) in [4.78, 5) is 0. The van der Waals surface area contributed by atoms with E-state index < -0.39 is 0 Å². The molecule has 0 amide bonds. The van der Waals surface area contributed by atoms with Crippen molar-refractivity contribution < 1.29 is 0 Å². The first kappa shape index (κ1) is 11.6. The lowest BCUT2D eigenvalue weighted by Gasteiger charge is -2.17. The number of aromatic nitrogens is 3. The van der Waals surface area contributed by atoms with E-state index in [1.54, 1.807) is 0 Å². The predicted molar refractivity (Wildman–Crippen MR) is 68.8 cm³/mol. The standard InChI is InChI=1S/C13H18N4/c1-13(2,3)17-10-12(15-16-17)9-14-11-7-5-4-6-8-11/h4-8,10,14H,9H2,1-3H3. The number of nitrogens with one attached hydrogen (secondary N) is 1. The predicted octanol–water partition coefficient (Wildman–Crippen LogP) is 2.65. The third-order valence-electron chi connectivity index (χ3n) is 2.48. The van der Waals surface area contributed by atoms with Gasteiger partial charge in [0.05, 0.1) is 18.3 Å². The Balaban J connectivity index is 1.99. The van der Waals surface area contributed by atoms with Crippen LogP contribution < -0.4 is 5.32 Å². The summed E-state index contributed by atoms with van der Waals surface area (Å²) in [5.74, 6) is 0. The van der Waals surface area contributed by atoms with E-state index >= 15 is 0 Å². The van der Waals surface area contributed by atoms with Crippen LogP contribution in [0.4, 0.5) is 5.69 Å². The number of benzene rings is 1. The van der Waals surface area contributed by atoms with Crippen LogP contribution in [0.5, 0.6) is 0 Å². The first-order chi connectivity index (χ1) is 8.05. The number of hydrogen-bond acceptors (Lipinski definition) is 3. The molecule has 0 aliphatic rings. The van der Waals surface area contributed by atoms with Crippen LogP contribution in [0.2, 0.25) is 0 Å². The van der Waals surface area contributed by atoms with Crippen molar-refractivity contribution in [2.75, 3.05) is 5.32 Å². The number of rotatable bonds is 3. The molecule has 90 valence electrons. The SMILES string of the molecule is CC(C)(C)n1cc(CNc2ccccc2)nn1. The average molecular weight is 230 g/mol. The molecule has 0 spiro atoms. The van der Waals surface area contributed by atoms with E-state index in [2.05, 4.69) is 36.4 Å². The fourth-order valence-electron chi connectivity index (χ4n) is 1.46. The summed E-state index contributed by atoms with van der Waals surface area (Å²) in [5, 5.41) is 11.6. The molecule has 0 atom stereocenters. The first-order valence-corrected chi connectivity index (χ1v) is 5.76. The van der Waals surface area contributed by atoms with Gasteiger partial charge in [0.1, 0.15) is 5.69 Å². The molecule has 17 heavy (non-hydrogen) atoms. The number of nitrogens with zero attached hydrogens (tertiary/aromatic N) is 3. The molecule has 1 aromatic carbocycles. The van der Waals surface area contributed by atoms with Crippen molar-refractivity contribution in [1.29, 1.82) is 0 Å². The van der Waals surface area contributed by atoms with Gasteiger partial charge in [-0.2, -0.15) is 0 Å². The van der Waals surface area contributed by atoms with Crippen molar-refractivity contribution in [3.63, 3.8) is 0 Å². The van der Waals surface area contributed by atoms with E-state index in [-0.39, 0.29) is 5.54 Å². The van der Waals surface area contributed by atoms with Gasteiger partial charge in [0.2, 0.25) is 0 Å². The van der Waals surface area contributed by atoms with Crippen LogP contribution in [0, 0.1) is 0 Å². The molecule has 4 heteroatoms. The number of hydrogen-bond donors (Lipinski definition) is 1. The van der Waals surface area contributed by atoms with E-state index in [4.69, 9.17) is 0 Å². The minimum absolute atomic E-state index is 0.0159. The molecule has 1 N–H and O–H groups in total. The third kappa shape index (κ3) is 3.06. The molecule has 0 saturated heterocycles. The lowest BCUT2D eigenvalue weighted by atomic mass is 10.1. The van der Waals surface area contributed by atoms with Crippen LogP contribution in [0.15, 0.2) is 36.5 Å². The monoisotopic (exact) mass is 230 g/mol. The van der Waals surface area contributed by atoms with Crippen molar-refractivity contribution in [1.82, 2.24) is 15.0 Å². The Hall–Kier alpha value is -1.84. The van der Waals surface area contributed by atoms with E-state index in [0.29, 0.717) is 6.54 Å². The van der Waals surface area contributed by atoms with Gasteiger partial charge >= 0.3 is 0 Å². The molecule has 4 nitrogen and oxygen atoms in total. The van der Waals surface area contributed by atoms with Gasteiger partial charge in [0.25, 0.3) is 0 Å². The highest BCUT2D eigenvalue weighted by Crippen LogP contribution is 2.12. The van der Waals surface area contributed by atoms with Crippen LogP contribution in [0.3, 0.4) is 0 Å². The molecular weight excluding hydrogens is 212 g/mol. The summed E-state index contributed by atoms with van der Waals surface area (Å²) in [5.41, 5.74) is 2.03. The van der Waals surface area contributed by atoms with Gasteiger partial charge < -0.3 is 5.32 Å². The minimum Gasteiger partial charge on any atom is -0.379 e. The third-order valence-corrected chi connectivity index (χ3v) is 2.48. The zero-order valence-electron chi connectivity index (χ0n) is 10.5. The maximum Gasteiger partial charge on any atom is 0.102 e. The molecule has 2 aromatic rings. The summed E-state index contributed by atoms with van der Waals surface area (Å²) in [6.07, 6.45) is 1.98. The Bertz CT molecular complexity index is 468. The molecule has 0 saturated carbocycles. The smallest absolute Gasteiger partial charge is 0.102 e. The molecule has 0 fully saturated rings. The topological polar surface area (TPSA) is 42.7 Å². The highest BCUT2D eigenvalue weighted by Gasteiger charge is 2.14. The zero-order valence-corrected chi connectivity index (χ0v) is 10.5. The van der Waals surface area contributed by atoms with Crippen molar-refractivity contribution in [3.05, 3.63) is 42.2 Å². The molecular formula is C13H18N4. The minimum atomic E-state index is -0.0159. The van der Waals surface area contributed by atoms with Crippen molar-refractivity contribution >= 4 is 5.69 Å². The van der Waals surface area contributed by atoms with Crippen molar-refractivity contribution in [2.45, 2.75) is 32.9 Å². The second-order valence-corrected chi connectivity index (χ2v) is 5.04.